The van der Waals surface area contributed by atoms with Crippen LogP contribution in [0, 0.1) is 0 Å². The molecule has 1 atom stereocenters. The Balaban J connectivity index is 2.13. The Morgan fingerprint density at radius 1 is 1.56 bits per heavy atom. The largest absolute Gasteiger partial charge is 0.496 e. The Labute approximate surface area is 104 Å². The summed E-state index contributed by atoms with van der Waals surface area (Å²) in [6, 6.07) is 4.67. The summed E-state index contributed by atoms with van der Waals surface area (Å²) >= 11 is 0. The molecule has 2 amide bonds. The van der Waals surface area contributed by atoms with Crippen LogP contribution in [0.5, 0.6) is 5.75 Å². The molecule has 0 spiro atoms. The number of nitrogen functional groups attached to an aromatic ring is 1. The number of hydrogen-bond donors (Lipinski definition) is 3. The molecule has 0 radical (unpaired) electrons. The topological polar surface area (TPSA) is 93.4 Å². The lowest BCUT2D eigenvalue weighted by Crippen LogP contribution is -2.36. The summed E-state index contributed by atoms with van der Waals surface area (Å²) in [6.45, 7) is 0.454. The summed E-state index contributed by atoms with van der Waals surface area (Å²) in [6.07, 6.45) is 0.302. The molecule has 1 fully saturated rings. The molecule has 0 bridgehead atoms. The number of ether oxygens (including phenoxy) is 1. The van der Waals surface area contributed by atoms with E-state index in [9.17, 15) is 9.59 Å². The van der Waals surface area contributed by atoms with Gasteiger partial charge >= 0.3 is 0 Å². The van der Waals surface area contributed by atoms with E-state index < -0.39 is 0 Å². The van der Waals surface area contributed by atoms with E-state index in [0.29, 0.717) is 30.0 Å². The van der Waals surface area contributed by atoms with Crippen LogP contribution in [0.2, 0.25) is 0 Å². The molecule has 1 aliphatic heterocycles. The number of carbonyl (C=O) groups is 2. The van der Waals surface area contributed by atoms with Crippen molar-refractivity contribution in [1.82, 2.24) is 10.6 Å². The minimum Gasteiger partial charge on any atom is -0.496 e. The van der Waals surface area contributed by atoms with Crippen molar-refractivity contribution in [3.63, 3.8) is 0 Å². The van der Waals surface area contributed by atoms with E-state index in [4.69, 9.17) is 10.5 Å². The van der Waals surface area contributed by atoms with Crippen molar-refractivity contribution in [2.45, 2.75) is 12.5 Å². The van der Waals surface area contributed by atoms with Gasteiger partial charge in [-0.1, -0.05) is 0 Å². The van der Waals surface area contributed by atoms with Crippen molar-refractivity contribution in [2.24, 2.45) is 0 Å². The predicted molar refractivity (Wildman–Crippen MR) is 66.3 cm³/mol. The highest BCUT2D eigenvalue weighted by Crippen LogP contribution is 2.21. The molecular formula is C12H15N3O3. The summed E-state index contributed by atoms with van der Waals surface area (Å²) in [5.74, 6) is 0.111. The second-order valence-electron chi connectivity index (χ2n) is 4.14. The molecule has 96 valence electrons. The quantitative estimate of drug-likeness (QED) is 0.652. The van der Waals surface area contributed by atoms with Crippen LogP contribution < -0.4 is 21.1 Å². The fourth-order valence-electron chi connectivity index (χ4n) is 1.87. The Bertz CT molecular complexity index is 487. The van der Waals surface area contributed by atoms with Crippen LogP contribution in [0.1, 0.15) is 16.8 Å². The van der Waals surface area contributed by atoms with Gasteiger partial charge in [-0.2, -0.15) is 0 Å². The van der Waals surface area contributed by atoms with Crippen LogP contribution in [0.15, 0.2) is 18.2 Å². The van der Waals surface area contributed by atoms with Gasteiger partial charge in [0.1, 0.15) is 5.75 Å². The number of anilines is 1. The van der Waals surface area contributed by atoms with Gasteiger partial charge in [0.05, 0.1) is 18.7 Å². The Kier molecular flexibility index (Phi) is 3.36. The van der Waals surface area contributed by atoms with Gasteiger partial charge in [-0.3, -0.25) is 9.59 Å². The monoisotopic (exact) mass is 249 g/mol. The second kappa shape index (κ2) is 4.95. The van der Waals surface area contributed by atoms with Crippen LogP contribution in [0.4, 0.5) is 5.69 Å². The first-order chi connectivity index (χ1) is 8.60. The number of nitrogens with two attached hydrogens (primary N) is 1. The van der Waals surface area contributed by atoms with Crippen molar-refractivity contribution in [3.05, 3.63) is 23.8 Å². The van der Waals surface area contributed by atoms with Crippen LogP contribution in [-0.2, 0) is 4.79 Å². The van der Waals surface area contributed by atoms with Gasteiger partial charge < -0.3 is 21.1 Å². The fraction of sp³-hybridized carbons (Fsp3) is 0.333. The minimum atomic E-state index is -0.291. The molecular weight excluding hydrogens is 234 g/mol. The number of carbonyl (C=O) groups excluding carboxylic acids is 2. The average Bonchev–Trinajstić information content (AvgIpc) is 2.74. The van der Waals surface area contributed by atoms with Gasteiger partial charge in [0.15, 0.2) is 0 Å². The summed E-state index contributed by atoms with van der Waals surface area (Å²) in [5, 5.41) is 5.43. The first-order valence-corrected chi connectivity index (χ1v) is 5.61. The van der Waals surface area contributed by atoms with Crippen molar-refractivity contribution in [1.29, 1.82) is 0 Å². The Morgan fingerprint density at radius 3 is 2.94 bits per heavy atom. The van der Waals surface area contributed by atoms with E-state index in [2.05, 4.69) is 10.6 Å². The average molecular weight is 249 g/mol. The predicted octanol–water partition coefficient (Wildman–Crippen LogP) is -0.104. The highest BCUT2D eigenvalue weighted by molar-refractivity contribution is 5.98. The van der Waals surface area contributed by atoms with Gasteiger partial charge in [0.25, 0.3) is 5.91 Å². The first kappa shape index (κ1) is 12.2. The second-order valence-corrected chi connectivity index (χ2v) is 4.14. The zero-order valence-electron chi connectivity index (χ0n) is 10.0. The van der Waals surface area contributed by atoms with E-state index in [-0.39, 0.29) is 17.9 Å². The molecule has 1 saturated heterocycles. The van der Waals surface area contributed by atoms with Gasteiger partial charge in [0.2, 0.25) is 5.91 Å². The van der Waals surface area contributed by atoms with Crippen molar-refractivity contribution in [2.75, 3.05) is 19.4 Å². The number of nitrogens with one attached hydrogen (secondary N) is 2. The molecule has 1 aromatic carbocycles. The normalized spacial score (nSPS) is 18.3. The summed E-state index contributed by atoms with van der Waals surface area (Å²) < 4.78 is 5.11. The molecule has 1 heterocycles. The van der Waals surface area contributed by atoms with Crippen LogP contribution in [0.25, 0.3) is 0 Å². The van der Waals surface area contributed by atoms with E-state index in [1.807, 2.05) is 0 Å². The van der Waals surface area contributed by atoms with E-state index in [1.165, 1.54) is 7.11 Å². The number of rotatable bonds is 3. The molecule has 1 aliphatic rings. The molecule has 0 saturated carbocycles. The fourth-order valence-corrected chi connectivity index (χ4v) is 1.87. The van der Waals surface area contributed by atoms with Crippen molar-refractivity contribution in [3.8, 4) is 5.75 Å². The van der Waals surface area contributed by atoms with Crippen LogP contribution >= 0.6 is 0 Å². The molecule has 0 aromatic heterocycles. The lowest BCUT2D eigenvalue weighted by molar-refractivity contribution is -0.119. The molecule has 18 heavy (non-hydrogen) atoms. The van der Waals surface area contributed by atoms with E-state index >= 15 is 0 Å². The Morgan fingerprint density at radius 2 is 2.33 bits per heavy atom. The smallest absolute Gasteiger partial charge is 0.255 e. The van der Waals surface area contributed by atoms with Gasteiger partial charge in [-0.15, -0.1) is 0 Å². The number of hydrogen-bond acceptors (Lipinski definition) is 4. The molecule has 6 heteroatoms. The van der Waals surface area contributed by atoms with Gasteiger partial charge in [0, 0.05) is 18.7 Å². The highest BCUT2D eigenvalue weighted by Gasteiger charge is 2.24. The first-order valence-electron chi connectivity index (χ1n) is 5.61. The van der Waals surface area contributed by atoms with Crippen LogP contribution in [0.3, 0.4) is 0 Å². The molecule has 2 rings (SSSR count). The summed E-state index contributed by atoms with van der Waals surface area (Å²) in [4.78, 5) is 23.1. The van der Waals surface area contributed by atoms with Crippen molar-refractivity contribution >= 4 is 17.5 Å². The Hall–Kier alpha value is -2.24. The highest BCUT2D eigenvalue weighted by atomic mass is 16.5. The lowest BCUT2D eigenvalue weighted by atomic mass is 10.1. The number of benzene rings is 1. The summed E-state index contributed by atoms with van der Waals surface area (Å²) in [7, 11) is 1.49. The third kappa shape index (κ3) is 2.53. The van der Waals surface area contributed by atoms with E-state index in [1.54, 1.807) is 18.2 Å². The zero-order valence-corrected chi connectivity index (χ0v) is 10.0. The molecule has 0 aliphatic carbocycles. The maximum absolute atomic E-state index is 12.1. The molecule has 6 nitrogen and oxygen atoms in total. The minimum absolute atomic E-state index is 0.0557. The maximum Gasteiger partial charge on any atom is 0.255 e. The SMILES string of the molecule is COc1ccc(N)cc1C(=O)NC1CNC(=O)C1. The van der Waals surface area contributed by atoms with Gasteiger partial charge in [-0.25, -0.2) is 0 Å². The lowest BCUT2D eigenvalue weighted by Gasteiger charge is -2.13. The standard InChI is InChI=1S/C12H15N3O3/c1-18-10-3-2-7(13)4-9(10)12(17)15-8-5-11(16)14-6-8/h2-4,8H,5-6,13H2,1H3,(H,14,16)(H,15,17). The molecule has 4 N–H and O–H groups in total. The third-order valence-corrected chi connectivity index (χ3v) is 2.78. The number of amides is 2. The van der Waals surface area contributed by atoms with Crippen molar-refractivity contribution < 1.29 is 14.3 Å². The van der Waals surface area contributed by atoms with Gasteiger partial charge in [-0.05, 0) is 18.2 Å². The molecule has 1 unspecified atom stereocenters. The number of methoxy groups -OCH3 is 1. The van der Waals surface area contributed by atoms with E-state index in [0.717, 1.165) is 0 Å². The maximum atomic E-state index is 12.1. The zero-order chi connectivity index (χ0) is 13.1. The molecule has 1 aromatic rings. The van der Waals surface area contributed by atoms with Crippen LogP contribution in [-0.4, -0.2) is 31.5 Å². The summed E-state index contributed by atoms with van der Waals surface area (Å²) in [5.41, 5.74) is 6.51. The third-order valence-electron chi connectivity index (χ3n) is 2.78.